The summed E-state index contributed by atoms with van der Waals surface area (Å²) in [6.45, 7) is 11.7. The van der Waals surface area contributed by atoms with Gasteiger partial charge in [-0.2, -0.15) is 0 Å². The van der Waals surface area contributed by atoms with Gasteiger partial charge in [0.15, 0.2) is 0 Å². The summed E-state index contributed by atoms with van der Waals surface area (Å²) >= 11 is 2.04. The Hall–Kier alpha value is -4.28. The van der Waals surface area contributed by atoms with Crippen molar-refractivity contribution in [1.82, 2.24) is 0 Å². The van der Waals surface area contributed by atoms with E-state index >= 15 is 0 Å². The van der Waals surface area contributed by atoms with Crippen LogP contribution < -0.4 is 25.5 Å². The molecule has 2 aliphatic rings. The van der Waals surface area contributed by atoms with Crippen LogP contribution in [0.5, 0.6) is 0 Å². The minimum atomic E-state index is 0.170. The van der Waals surface area contributed by atoms with E-state index in [4.69, 9.17) is 0 Å². The van der Waals surface area contributed by atoms with Crippen LogP contribution in [0.25, 0.3) is 10.1 Å². The van der Waals surface area contributed by atoms with Crippen LogP contribution in [0.4, 0.5) is 34.1 Å². The lowest BCUT2D eigenvalue weighted by Gasteiger charge is -2.43. The summed E-state index contributed by atoms with van der Waals surface area (Å²) in [5.41, 5.74) is 18.1. The van der Waals surface area contributed by atoms with E-state index in [2.05, 4.69) is 141 Å². The molecule has 288 valence electrons. The average Bonchev–Trinajstić information content (AvgIpc) is 3.61. The molecule has 2 nitrogen and oxygen atoms in total. The van der Waals surface area contributed by atoms with Crippen molar-refractivity contribution in [3.05, 3.63) is 125 Å². The fourth-order valence-corrected chi connectivity index (χ4v) is 10.5. The van der Waals surface area contributed by atoms with Crippen molar-refractivity contribution >= 4 is 78.0 Å². The van der Waals surface area contributed by atoms with Crippen LogP contribution in [0.15, 0.2) is 97.1 Å². The van der Waals surface area contributed by atoms with E-state index in [0.29, 0.717) is 0 Å². The lowest BCUT2D eigenvalue weighted by atomic mass is 9.36. The Balaban J connectivity index is 1.41. The molecule has 3 heterocycles. The molecule has 5 aromatic carbocycles. The van der Waals surface area contributed by atoms with Crippen molar-refractivity contribution in [1.29, 1.82) is 0 Å². The molecule has 0 atom stereocenters. The third kappa shape index (κ3) is 7.47. The zero-order valence-corrected chi connectivity index (χ0v) is 35.5. The van der Waals surface area contributed by atoms with Crippen molar-refractivity contribution < 1.29 is 0 Å². The second kappa shape index (κ2) is 17.5. The second-order valence-electron chi connectivity index (χ2n) is 16.5. The largest absolute Gasteiger partial charge is 0.311 e. The smallest absolute Gasteiger partial charge is 0.264 e. The Kier molecular flexibility index (Phi) is 12.0. The number of benzene rings is 5. The summed E-state index contributed by atoms with van der Waals surface area (Å²) in [6, 6.07) is 39.2. The SMILES string of the molecule is CCCCc1ccc(N2c3ccc(CCCC)cc3B3c4sc5ccc(CCCC)cc5c4N(c4ccc(CCCC)cc4)c4cc(CCCC)cc2c43)cc1. The molecule has 56 heavy (non-hydrogen) atoms. The van der Waals surface area contributed by atoms with E-state index in [9.17, 15) is 0 Å². The molecule has 4 heteroatoms. The lowest BCUT2D eigenvalue weighted by Crippen LogP contribution is -2.60. The van der Waals surface area contributed by atoms with Crippen LogP contribution in [-0.4, -0.2) is 6.71 Å². The molecule has 0 bridgehead atoms. The van der Waals surface area contributed by atoms with Crippen molar-refractivity contribution in [2.24, 2.45) is 0 Å². The number of aryl methyl sites for hydroxylation is 5. The van der Waals surface area contributed by atoms with Crippen molar-refractivity contribution in [2.75, 3.05) is 9.80 Å². The first-order valence-electron chi connectivity index (χ1n) is 22.2. The van der Waals surface area contributed by atoms with Gasteiger partial charge in [-0.1, -0.05) is 109 Å². The summed E-state index contributed by atoms with van der Waals surface area (Å²) in [4.78, 5) is 5.31. The van der Waals surface area contributed by atoms with Gasteiger partial charge in [0.05, 0.1) is 5.69 Å². The summed E-state index contributed by atoms with van der Waals surface area (Å²) in [6.07, 6.45) is 17.7. The van der Waals surface area contributed by atoms with Gasteiger partial charge in [-0.05, 0) is 158 Å². The minimum absolute atomic E-state index is 0.170. The summed E-state index contributed by atoms with van der Waals surface area (Å²) in [5.74, 6) is 0. The van der Waals surface area contributed by atoms with Crippen LogP contribution in [-0.2, 0) is 32.1 Å². The van der Waals surface area contributed by atoms with Gasteiger partial charge in [-0.15, -0.1) is 11.3 Å². The molecule has 0 N–H and O–H groups in total. The molecular weight excluding hydrogens is 695 g/mol. The maximum absolute atomic E-state index is 2.68. The Morgan fingerprint density at radius 1 is 0.446 bits per heavy atom. The highest BCUT2D eigenvalue weighted by atomic mass is 32.1. The highest BCUT2D eigenvalue weighted by molar-refractivity contribution is 7.33. The zero-order valence-electron chi connectivity index (χ0n) is 34.7. The Bertz CT molecular complexity index is 2270. The average molecular weight is 757 g/mol. The maximum Gasteiger partial charge on any atom is 0.264 e. The van der Waals surface area contributed by atoms with Crippen LogP contribution in [0, 0.1) is 0 Å². The summed E-state index contributed by atoms with van der Waals surface area (Å²) in [5, 5.41) is 1.41. The van der Waals surface area contributed by atoms with Crippen molar-refractivity contribution in [3.63, 3.8) is 0 Å². The zero-order chi connectivity index (χ0) is 38.6. The van der Waals surface area contributed by atoms with Crippen molar-refractivity contribution in [3.8, 4) is 0 Å². The number of hydrogen-bond acceptors (Lipinski definition) is 3. The Labute approximate surface area is 342 Å². The molecule has 0 aliphatic carbocycles. The third-order valence-corrected chi connectivity index (χ3v) is 13.6. The first-order chi connectivity index (χ1) is 27.6. The fraction of sp³-hybridized carbons (Fsp3) is 0.385. The number of rotatable bonds is 17. The van der Waals surface area contributed by atoms with Gasteiger partial charge in [-0.25, -0.2) is 0 Å². The molecule has 1 aromatic heterocycles. The second-order valence-corrected chi connectivity index (χ2v) is 17.6. The minimum Gasteiger partial charge on any atom is -0.311 e. The Morgan fingerprint density at radius 3 is 1.48 bits per heavy atom. The molecule has 0 radical (unpaired) electrons. The van der Waals surface area contributed by atoms with Gasteiger partial charge in [0.1, 0.15) is 0 Å². The molecule has 0 amide bonds. The van der Waals surface area contributed by atoms with E-state index in [1.54, 1.807) is 0 Å². The molecule has 6 aromatic rings. The molecule has 2 aliphatic heterocycles. The van der Waals surface area contributed by atoms with E-state index in [0.717, 1.165) is 32.1 Å². The van der Waals surface area contributed by atoms with Gasteiger partial charge in [0, 0.05) is 43.3 Å². The topological polar surface area (TPSA) is 6.48 Å². The highest BCUT2D eigenvalue weighted by Crippen LogP contribution is 2.48. The predicted octanol–water partition coefficient (Wildman–Crippen LogP) is 13.7. The molecule has 0 unspecified atom stereocenters. The molecular formula is C52H61BN2S. The monoisotopic (exact) mass is 756 g/mol. The first kappa shape index (κ1) is 38.6. The molecule has 0 spiro atoms. The van der Waals surface area contributed by atoms with E-state index in [-0.39, 0.29) is 6.71 Å². The normalized spacial score (nSPS) is 13.0. The summed E-state index contributed by atoms with van der Waals surface area (Å²) in [7, 11) is 0. The van der Waals surface area contributed by atoms with Gasteiger partial charge in [0.25, 0.3) is 6.71 Å². The molecule has 0 saturated heterocycles. The number of anilines is 6. The van der Waals surface area contributed by atoms with Gasteiger partial charge in [-0.3, -0.25) is 0 Å². The number of nitrogens with zero attached hydrogens (tertiary/aromatic N) is 2. The van der Waals surface area contributed by atoms with Gasteiger partial charge in [0.2, 0.25) is 0 Å². The predicted molar refractivity (Wildman–Crippen MR) is 249 cm³/mol. The van der Waals surface area contributed by atoms with Gasteiger partial charge < -0.3 is 9.80 Å². The van der Waals surface area contributed by atoms with Crippen LogP contribution >= 0.6 is 11.3 Å². The lowest BCUT2D eigenvalue weighted by molar-refractivity contribution is 0.794. The van der Waals surface area contributed by atoms with E-state index < -0.39 is 0 Å². The Morgan fingerprint density at radius 2 is 0.911 bits per heavy atom. The van der Waals surface area contributed by atoms with Crippen LogP contribution in [0.2, 0.25) is 0 Å². The number of fused-ring (bicyclic) bond motifs is 6. The highest BCUT2D eigenvalue weighted by Gasteiger charge is 2.45. The van der Waals surface area contributed by atoms with Crippen molar-refractivity contribution in [2.45, 2.75) is 131 Å². The third-order valence-electron chi connectivity index (χ3n) is 12.3. The maximum atomic E-state index is 2.68. The molecule has 0 fully saturated rings. The van der Waals surface area contributed by atoms with Crippen LogP contribution in [0.3, 0.4) is 0 Å². The fourth-order valence-electron chi connectivity index (χ4n) is 9.17. The van der Waals surface area contributed by atoms with Gasteiger partial charge >= 0.3 is 0 Å². The standard InChI is InChI=1S/C52H61BN2S/c1-6-11-16-37-21-27-42(28-22-37)54-46-31-25-40(19-14-9-4)34-45(46)53-50-47(54)35-41(20-15-10-5)36-48(50)55(43-29-23-38(24-30-43)17-12-7-2)51-44-33-39(18-13-8-3)26-32-49(44)56-52(51)53/h21-36H,6-20H2,1-5H3. The number of unbranched alkanes of at least 4 members (excludes halogenated alkanes) is 5. The summed E-state index contributed by atoms with van der Waals surface area (Å²) < 4.78 is 2.88. The van der Waals surface area contributed by atoms with E-state index in [1.807, 2.05) is 11.3 Å². The molecule has 8 rings (SSSR count). The molecule has 0 saturated carbocycles. The van der Waals surface area contributed by atoms with E-state index in [1.165, 1.54) is 152 Å². The quantitative estimate of drug-likeness (QED) is 0.0854. The number of thiophene rings is 1. The number of hydrogen-bond donors (Lipinski definition) is 0. The van der Waals surface area contributed by atoms with Crippen LogP contribution in [0.1, 0.15) is 127 Å². The first-order valence-corrected chi connectivity index (χ1v) is 23.0.